The van der Waals surface area contributed by atoms with Crippen molar-refractivity contribution in [3.63, 3.8) is 0 Å². The zero-order chi connectivity index (χ0) is 12.9. The topological polar surface area (TPSA) is 38.3 Å². The van der Waals surface area contributed by atoms with Gasteiger partial charge in [0.05, 0.1) is 6.61 Å². The Balaban J connectivity index is 2.31. The van der Waals surface area contributed by atoms with E-state index in [-0.39, 0.29) is 17.4 Å². The normalized spacial score (nSPS) is 23.7. The van der Waals surface area contributed by atoms with Gasteiger partial charge in [-0.2, -0.15) is 0 Å². The maximum Gasteiger partial charge on any atom is 0.323 e. The Hall–Kier alpha value is -0.570. The Morgan fingerprint density at radius 3 is 2.76 bits per heavy atom. The van der Waals surface area contributed by atoms with Crippen molar-refractivity contribution in [1.29, 1.82) is 0 Å². The molecule has 0 amide bonds. The van der Waals surface area contributed by atoms with Gasteiger partial charge in [0, 0.05) is 0 Å². The van der Waals surface area contributed by atoms with Gasteiger partial charge in [-0.05, 0) is 43.6 Å². The lowest BCUT2D eigenvalue weighted by atomic mass is 9.77. The molecule has 0 bridgehead atoms. The molecular weight excluding hydrogens is 214 g/mol. The first kappa shape index (κ1) is 14.5. The van der Waals surface area contributed by atoms with Gasteiger partial charge < -0.3 is 10.1 Å². The van der Waals surface area contributed by atoms with Crippen LogP contribution >= 0.6 is 0 Å². The van der Waals surface area contributed by atoms with Crippen molar-refractivity contribution in [2.45, 2.75) is 59.4 Å². The average molecular weight is 241 g/mol. The molecule has 1 atom stereocenters. The molecule has 0 aromatic carbocycles. The lowest BCUT2D eigenvalue weighted by Crippen LogP contribution is -2.52. The van der Waals surface area contributed by atoms with Gasteiger partial charge in [-0.1, -0.05) is 27.7 Å². The predicted molar refractivity (Wildman–Crippen MR) is 69.8 cm³/mol. The van der Waals surface area contributed by atoms with Gasteiger partial charge in [0.1, 0.15) is 6.04 Å². The second-order valence-electron chi connectivity index (χ2n) is 6.18. The van der Waals surface area contributed by atoms with E-state index in [1.54, 1.807) is 0 Å². The molecule has 3 nitrogen and oxygen atoms in total. The van der Waals surface area contributed by atoms with Crippen molar-refractivity contribution >= 4 is 5.97 Å². The fourth-order valence-corrected chi connectivity index (χ4v) is 2.36. The zero-order valence-electron chi connectivity index (χ0n) is 11.7. The molecule has 0 aromatic heterocycles. The van der Waals surface area contributed by atoms with Crippen LogP contribution in [0.2, 0.25) is 0 Å². The SMILES string of the molecule is CC(C)CCCOC(=O)C1NCCCC1(C)C. The van der Waals surface area contributed by atoms with Gasteiger partial charge in [0.25, 0.3) is 0 Å². The molecule has 0 aromatic rings. The number of ether oxygens (including phenoxy) is 1. The molecule has 0 radical (unpaired) electrons. The predicted octanol–water partition coefficient (Wildman–Crippen LogP) is 2.74. The van der Waals surface area contributed by atoms with Gasteiger partial charge in [0.15, 0.2) is 0 Å². The smallest absolute Gasteiger partial charge is 0.323 e. The van der Waals surface area contributed by atoms with Crippen molar-refractivity contribution in [2.24, 2.45) is 11.3 Å². The summed E-state index contributed by atoms with van der Waals surface area (Å²) in [5.41, 5.74) is 0.0212. The first-order chi connectivity index (χ1) is 7.93. The molecule has 1 N–H and O–H groups in total. The summed E-state index contributed by atoms with van der Waals surface area (Å²) < 4.78 is 5.37. The first-order valence-electron chi connectivity index (χ1n) is 6.83. The van der Waals surface area contributed by atoms with Crippen LogP contribution in [0.4, 0.5) is 0 Å². The van der Waals surface area contributed by atoms with Gasteiger partial charge in [-0.3, -0.25) is 4.79 Å². The van der Waals surface area contributed by atoms with Gasteiger partial charge in [0.2, 0.25) is 0 Å². The number of carbonyl (C=O) groups is 1. The maximum absolute atomic E-state index is 12.0. The molecule has 0 spiro atoms. The van der Waals surface area contributed by atoms with Crippen molar-refractivity contribution < 1.29 is 9.53 Å². The third-order valence-electron chi connectivity index (χ3n) is 3.53. The largest absolute Gasteiger partial charge is 0.465 e. The second kappa shape index (κ2) is 6.39. The Kier molecular flexibility index (Phi) is 5.44. The van der Waals surface area contributed by atoms with Crippen LogP contribution in [-0.2, 0) is 9.53 Å². The molecule has 17 heavy (non-hydrogen) atoms. The molecule has 1 fully saturated rings. The van der Waals surface area contributed by atoms with Gasteiger partial charge >= 0.3 is 5.97 Å². The molecule has 1 unspecified atom stereocenters. The summed E-state index contributed by atoms with van der Waals surface area (Å²) in [6.07, 6.45) is 4.32. The maximum atomic E-state index is 12.0. The number of esters is 1. The molecule has 1 saturated heterocycles. The Labute approximate surface area is 105 Å². The minimum atomic E-state index is -0.129. The summed E-state index contributed by atoms with van der Waals surface area (Å²) in [5.74, 6) is 0.608. The van der Waals surface area contributed by atoms with Crippen LogP contribution in [0.5, 0.6) is 0 Å². The van der Waals surface area contributed by atoms with Crippen LogP contribution < -0.4 is 5.32 Å². The number of carbonyl (C=O) groups excluding carboxylic acids is 1. The van der Waals surface area contributed by atoms with E-state index in [4.69, 9.17) is 4.74 Å². The van der Waals surface area contributed by atoms with E-state index in [2.05, 4.69) is 33.0 Å². The highest BCUT2D eigenvalue weighted by Crippen LogP contribution is 2.30. The van der Waals surface area contributed by atoms with Crippen molar-refractivity contribution in [2.75, 3.05) is 13.2 Å². The highest BCUT2D eigenvalue weighted by molar-refractivity contribution is 5.77. The van der Waals surface area contributed by atoms with E-state index in [0.29, 0.717) is 12.5 Å². The summed E-state index contributed by atoms with van der Waals surface area (Å²) in [5, 5.41) is 3.28. The summed E-state index contributed by atoms with van der Waals surface area (Å²) in [6.45, 7) is 10.1. The van der Waals surface area contributed by atoms with Crippen LogP contribution in [0.25, 0.3) is 0 Å². The summed E-state index contributed by atoms with van der Waals surface area (Å²) in [4.78, 5) is 12.0. The molecule has 100 valence electrons. The molecule has 1 aliphatic heterocycles. The molecule has 3 heteroatoms. The summed E-state index contributed by atoms with van der Waals surface area (Å²) >= 11 is 0. The van der Waals surface area contributed by atoms with Gasteiger partial charge in [-0.15, -0.1) is 0 Å². The van der Waals surface area contributed by atoms with Crippen molar-refractivity contribution in [3.05, 3.63) is 0 Å². The monoisotopic (exact) mass is 241 g/mol. The Morgan fingerprint density at radius 1 is 1.47 bits per heavy atom. The van der Waals surface area contributed by atoms with Gasteiger partial charge in [-0.25, -0.2) is 0 Å². The van der Waals surface area contributed by atoms with Crippen LogP contribution in [-0.4, -0.2) is 25.2 Å². The van der Waals surface area contributed by atoms with E-state index >= 15 is 0 Å². The molecule has 1 rings (SSSR count). The first-order valence-corrected chi connectivity index (χ1v) is 6.83. The fourth-order valence-electron chi connectivity index (χ4n) is 2.36. The highest BCUT2D eigenvalue weighted by atomic mass is 16.5. The summed E-state index contributed by atoms with van der Waals surface area (Å²) in [7, 11) is 0. The van der Waals surface area contributed by atoms with Crippen LogP contribution in [0.15, 0.2) is 0 Å². The lowest BCUT2D eigenvalue weighted by Gasteiger charge is -2.37. The summed E-state index contributed by atoms with van der Waals surface area (Å²) in [6, 6.07) is -0.129. The number of rotatable bonds is 5. The number of hydrogen-bond acceptors (Lipinski definition) is 3. The minimum absolute atomic E-state index is 0.0212. The van der Waals surface area contributed by atoms with Crippen LogP contribution in [0, 0.1) is 11.3 Å². The third-order valence-corrected chi connectivity index (χ3v) is 3.53. The molecule has 1 heterocycles. The quantitative estimate of drug-likeness (QED) is 0.594. The van der Waals surface area contributed by atoms with Crippen molar-refractivity contribution in [1.82, 2.24) is 5.32 Å². The average Bonchev–Trinajstić information content (AvgIpc) is 2.23. The van der Waals surface area contributed by atoms with E-state index in [9.17, 15) is 4.79 Å². The van der Waals surface area contributed by atoms with E-state index in [1.165, 1.54) is 0 Å². The van der Waals surface area contributed by atoms with Crippen LogP contribution in [0.1, 0.15) is 53.4 Å². The van der Waals surface area contributed by atoms with Crippen LogP contribution in [0.3, 0.4) is 0 Å². The number of piperidine rings is 1. The fraction of sp³-hybridized carbons (Fsp3) is 0.929. The second-order valence-corrected chi connectivity index (χ2v) is 6.18. The molecule has 0 saturated carbocycles. The molecular formula is C14H27NO2. The third kappa shape index (κ3) is 4.66. The van der Waals surface area contributed by atoms with Crippen molar-refractivity contribution in [3.8, 4) is 0 Å². The van der Waals surface area contributed by atoms with E-state index < -0.39 is 0 Å². The highest BCUT2D eigenvalue weighted by Gasteiger charge is 2.38. The lowest BCUT2D eigenvalue weighted by molar-refractivity contribution is -0.150. The number of nitrogens with one attached hydrogen (secondary N) is 1. The zero-order valence-corrected chi connectivity index (χ0v) is 11.7. The minimum Gasteiger partial charge on any atom is -0.465 e. The Morgan fingerprint density at radius 2 is 2.18 bits per heavy atom. The molecule has 1 aliphatic rings. The van der Waals surface area contributed by atoms with E-state index in [0.717, 1.165) is 32.2 Å². The Bertz CT molecular complexity index is 249. The molecule has 0 aliphatic carbocycles. The standard InChI is InChI=1S/C14H27NO2/c1-11(2)7-5-10-17-13(16)12-14(3,4)8-6-9-15-12/h11-12,15H,5-10H2,1-4H3. The number of hydrogen-bond donors (Lipinski definition) is 1. The van der Waals surface area contributed by atoms with E-state index in [1.807, 2.05) is 0 Å².